The first-order valence-electron chi connectivity index (χ1n) is 3.69. The molecule has 4 nitrogen and oxygen atoms in total. The fourth-order valence-electron chi connectivity index (χ4n) is 0.543. The highest BCUT2D eigenvalue weighted by Gasteiger charge is 1.89. The number of hydrogen-bond donors (Lipinski definition) is 0. The van der Waals surface area contributed by atoms with Gasteiger partial charge in [0.25, 0.3) is 0 Å². The second kappa shape index (κ2) is 7.09. The summed E-state index contributed by atoms with van der Waals surface area (Å²) in [6.07, 6.45) is 6.25. The van der Waals surface area contributed by atoms with Crippen molar-refractivity contribution in [2.45, 2.75) is 6.42 Å². The maximum Gasteiger partial charge on any atom is 0.330 e. The normalized spacial score (nSPS) is 10.6. The summed E-state index contributed by atoms with van der Waals surface area (Å²) in [6.45, 7) is 0. The molecule has 4 heteroatoms. The van der Waals surface area contributed by atoms with Gasteiger partial charge in [-0.15, -0.1) is 0 Å². The van der Waals surface area contributed by atoms with Crippen molar-refractivity contribution in [3.05, 3.63) is 24.3 Å². The average molecular weight is 184 g/mol. The van der Waals surface area contributed by atoms with Crippen LogP contribution in [0.2, 0.25) is 0 Å². The number of carbonyl (C=O) groups is 2. The molecule has 0 fully saturated rings. The Bertz CT molecular complexity index is 204. The largest absolute Gasteiger partial charge is 0.466 e. The first-order valence-corrected chi connectivity index (χ1v) is 3.69. The van der Waals surface area contributed by atoms with Crippen LogP contribution in [0, 0.1) is 0 Å². The van der Waals surface area contributed by atoms with E-state index in [0.717, 1.165) is 0 Å². The van der Waals surface area contributed by atoms with Crippen molar-refractivity contribution in [3.63, 3.8) is 0 Å². The Morgan fingerprint density at radius 2 is 1.38 bits per heavy atom. The summed E-state index contributed by atoms with van der Waals surface area (Å²) in [5.74, 6) is -0.821. The van der Waals surface area contributed by atoms with Gasteiger partial charge < -0.3 is 9.47 Å². The predicted molar refractivity (Wildman–Crippen MR) is 46.9 cm³/mol. The van der Waals surface area contributed by atoms with Crippen LogP contribution < -0.4 is 0 Å². The van der Waals surface area contributed by atoms with Crippen LogP contribution in [0.25, 0.3) is 0 Å². The molecule has 13 heavy (non-hydrogen) atoms. The van der Waals surface area contributed by atoms with Gasteiger partial charge in [-0.05, 0) is 6.42 Å². The van der Waals surface area contributed by atoms with Crippen molar-refractivity contribution in [1.29, 1.82) is 0 Å². The van der Waals surface area contributed by atoms with Gasteiger partial charge in [0.05, 0.1) is 14.2 Å². The molecule has 0 aromatic carbocycles. The third-order valence-electron chi connectivity index (χ3n) is 1.18. The third-order valence-corrected chi connectivity index (χ3v) is 1.18. The van der Waals surface area contributed by atoms with Crippen molar-refractivity contribution in [2.75, 3.05) is 14.2 Å². The molecule has 72 valence electrons. The molecular formula is C9H12O4. The highest BCUT2D eigenvalue weighted by molar-refractivity contribution is 5.82. The molecule has 0 aromatic rings. The van der Waals surface area contributed by atoms with Crippen LogP contribution in [-0.2, 0) is 19.1 Å². The zero-order chi connectivity index (χ0) is 10.1. The summed E-state index contributed by atoms with van der Waals surface area (Å²) in [5.41, 5.74) is 0. The highest BCUT2D eigenvalue weighted by Crippen LogP contribution is 1.88. The topological polar surface area (TPSA) is 52.6 Å². The van der Waals surface area contributed by atoms with Gasteiger partial charge in [0.2, 0.25) is 0 Å². The van der Waals surface area contributed by atoms with Crippen molar-refractivity contribution < 1.29 is 19.1 Å². The van der Waals surface area contributed by atoms with Crippen LogP contribution in [0.15, 0.2) is 24.3 Å². The highest BCUT2D eigenvalue weighted by atomic mass is 16.5. The fourth-order valence-corrected chi connectivity index (χ4v) is 0.543. The lowest BCUT2D eigenvalue weighted by molar-refractivity contribution is -0.135. The zero-order valence-corrected chi connectivity index (χ0v) is 7.65. The van der Waals surface area contributed by atoms with E-state index < -0.39 is 11.9 Å². The molecule has 0 rings (SSSR count). The minimum Gasteiger partial charge on any atom is -0.466 e. The predicted octanol–water partition coefficient (Wildman–Crippen LogP) is 0.835. The standard InChI is InChI=1S/C9H12O4/c1-12-8(10)6-4-3-5-7-9(11)13-2/h4-7H,3H2,1-2H3/b6-4+,7-5+. The molecule has 0 atom stereocenters. The van der Waals surface area contributed by atoms with Crippen molar-refractivity contribution >= 4 is 11.9 Å². The molecule has 0 bridgehead atoms. The van der Waals surface area contributed by atoms with Crippen LogP contribution >= 0.6 is 0 Å². The number of hydrogen-bond acceptors (Lipinski definition) is 4. The van der Waals surface area contributed by atoms with Gasteiger partial charge in [0.15, 0.2) is 0 Å². The Morgan fingerprint density at radius 3 is 1.69 bits per heavy atom. The molecular weight excluding hydrogens is 172 g/mol. The SMILES string of the molecule is COC(=O)/C=C/C/C=C/C(=O)OC. The van der Waals surface area contributed by atoms with E-state index in [9.17, 15) is 9.59 Å². The summed E-state index contributed by atoms with van der Waals surface area (Å²) in [5, 5.41) is 0. The first-order chi connectivity index (χ1) is 6.20. The van der Waals surface area contributed by atoms with Crippen LogP contribution in [0.5, 0.6) is 0 Å². The monoisotopic (exact) mass is 184 g/mol. The Labute approximate surface area is 76.8 Å². The molecule has 0 aliphatic rings. The van der Waals surface area contributed by atoms with Gasteiger partial charge in [-0.2, -0.15) is 0 Å². The molecule has 0 aliphatic carbocycles. The van der Waals surface area contributed by atoms with E-state index in [0.29, 0.717) is 6.42 Å². The van der Waals surface area contributed by atoms with Crippen LogP contribution in [-0.4, -0.2) is 26.2 Å². The van der Waals surface area contributed by atoms with E-state index in [1.807, 2.05) is 0 Å². The number of carbonyl (C=O) groups excluding carboxylic acids is 2. The van der Waals surface area contributed by atoms with Crippen LogP contribution in [0.1, 0.15) is 6.42 Å². The number of esters is 2. The van der Waals surface area contributed by atoms with Crippen molar-refractivity contribution in [1.82, 2.24) is 0 Å². The van der Waals surface area contributed by atoms with Crippen molar-refractivity contribution in [3.8, 4) is 0 Å². The summed E-state index contributed by atoms with van der Waals surface area (Å²) in [6, 6.07) is 0. The van der Waals surface area contributed by atoms with E-state index in [2.05, 4.69) is 9.47 Å². The first kappa shape index (κ1) is 11.4. The average Bonchev–Trinajstić information content (AvgIpc) is 2.16. The lowest BCUT2D eigenvalue weighted by Crippen LogP contribution is -1.94. The quantitative estimate of drug-likeness (QED) is 0.479. The van der Waals surface area contributed by atoms with Crippen LogP contribution in [0.4, 0.5) is 0 Å². The van der Waals surface area contributed by atoms with Crippen LogP contribution in [0.3, 0.4) is 0 Å². The van der Waals surface area contributed by atoms with Gasteiger partial charge >= 0.3 is 11.9 Å². The van der Waals surface area contributed by atoms with E-state index in [1.54, 1.807) is 12.2 Å². The van der Waals surface area contributed by atoms with Gasteiger partial charge in [-0.3, -0.25) is 0 Å². The molecule has 0 saturated carbocycles. The number of ether oxygens (including phenoxy) is 2. The Hall–Kier alpha value is -1.58. The summed E-state index contributed by atoms with van der Waals surface area (Å²) >= 11 is 0. The van der Waals surface area contributed by atoms with E-state index in [4.69, 9.17) is 0 Å². The fraction of sp³-hybridized carbons (Fsp3) is 0.333. The maximum absolute atomic E-state index is 10.5. The van der Waals surface area contributed by atoms with Crippen molar-refractivity contribution in [2.24, 2.45) is 0 Å². The molecule has 0 amide bonds. The van der Waals surface area contributed by atoms with Gasteiger partial charge in [-0.25, -0.2) is 9.59 Å². The summed E-state index contributed by atoms with van der Waals surface area (Å²) < 4.78 is 8.72. The van der Waals surface area contributed by atoms with Gasteiger partial charge in [0, 0.05) is 12.2 Å². The zero-order valence-electron chi connectivity index (χ0n) is 7.65. The molecule has 0 aliphatic heterocycles. The Morgan fingerprint density at radius 1 is 1.00 bits per heavy atom. The Balaban J connectivity index is 3.66. The number of allylic oxidation sites excluding steroid dienone is 2. The lowest BCUT2D eigenvalue weighted by Gasteiger charge is -1.88. The molecule has 0 spiro atoms. The summed E-state index contributed by atoms with van der Waals surface area (Å²) in [7, 11) is 2.61. The van der Waals surface area contributed by atoms with Gasteiger partial charge in [-0.1, -0.05) is 12.2 Å². The van der Waals surface area contributed by atoms with E-state index >= 15 is 0 Å². The molecule has 0 radical (unpaired) electrons. The number of rotatable bonds is 4. The molecule has 0 saturated heterocycles. The minimum absolute atomic E-state index is 0.411. The lowest BCUT2D eigenvalue weighted by atomic mass is 10.3. The minimum atomic E-state index is -0.411. The maximum atomic E-state index is 10.5. The smallest absolute Gasteiger partial charge is 0.330 e. The molecule has 0 aromatic heterocycles. The molecule has 0 N–H and O–H groups in total. The van der Waals surface area contributed by atoms with E-state index in [-0.39, 0.29) is 0 Å². The van der Waals surface area contributed by atoms with Gasteiger partial charge in [0.1, 0.15) is 0 Å². The molecule has 0 heterocycles. The molecule has 0 unspecified atom stereocenters. The number of methoxy groups -OCH3 is 2. The second-order valence-electron chi connectivity index (χ2n) is 2.09. The third kappa shape index (κ3) is 6.80. The Kier molecular flexibility index (Phi) is 6.23. The van der Waals surface area contributed by atoms with E-state index in [1.165, 1.54) is 26.4 Å². The second-order valence-corrected chi connectivity index (χ2v) is 2.09. The summed E-state index contributed by atoms with van der Waals surface area (Å²) in [4.78, 5) is 21.1.